The number of halogens is 1. The van der Waals surface area contributed by atoms with Gasteiger partial charge in [0.15, 0.2) is 0 Å². The van der Waals surface area contributed by atoms with Crippen molar-refractivity contribution in [3.8, 4) is 0 Å². The number of fused-ring (bicyclic) bond motifs is 3. The van der Waals surface area contributed by atoms with Gasteiger partial charge in [0, 0.05) is 18.4 Å². The molecule has 3 heteroatoms. The van der Waals surface area contributed by atoms with E-state index in [2.05, 4.69) is 61.2 Å². The van der Waals surface area contributed by atoms with Crippen LogP contribution in [0.25, 0.3) is 0 Å². The standard InChI is InChI=1S/C22H27NO.ClH/c1-3-23-11-10-19-21(13-23)18-9-4-15(2)12-20(18)22(19)17-7-5-16(14-24)6-8-17;/h4-9,12,19,21-22,24H,3,10-11,13-14H2,1-2H3;1H. The van der Waals surface area contributed by atoms with Crippen molar-refractivity contribution < 1.29 is 5.11 Å². The quantitative estimate of drug-likeness (QED) is 0.875. The molecule has 0 spiro atoms. The second-order valence-electron chi connectivity index (χ2n) is 7.46. The average Bonchev–Trinajstić information content (AvgIpc) is 2.94. The van der Waals surface area contributed by atoms with E-state index in [4.69, 9.17) is 0 Å². The van der Waals surface area contributed by atoms with Gasteiger partial charge in [0.2, 0.25) is 0 Å². The molecule has 2 aliphatic rings. The molecule has 1 fully saturated rings. The van der Waals surface area contributed by atoms with E-state index in [1.807, 2.05) is 0 Å². The van der Waals surface area contributed by atoms with Gasteiger partial charge in [-0.15, -0.1) is 12.4 Å². The fourth-order valence-corrected chi connectivity index (χ4v) is 4.84. The summed E-state index contributed by atoms with van der Waals surface area (Å²) in [5, 5.41) is 9.33. The third-order valence-corrected chi connectivity index (χ3v) is 6.12. The van der Waals surface area contributed by atoms with Crippen molar-refractivity contribution in [2.24, 2.45) is 5.92 Å². The van der Waals surface area contributed by atoms with Crippen molar-refractivity contribution >= 4 is 12.4 Å². The van der Waals surface area contributed by atoms with Gasteiger partial charge in [0.25, 0.3) is 0 Å². The van der Waals surface area contributed by atoms with E-state index in [9.17, 15) is 5.11 Å². The van der Waals surface area contributed by atoms with Crippen molar-refractivity contribution in [2.75, 3.05) is 19.6 Å². The van der Waals surface area contributed by atoms with Crippen molar-refractivity contribution in [3.05, 3.63) is 70.3 Å². The summed E-state index contributed by atoms with van der Waals surface area (Å²) in [6.45, 7) is 8.17. The van der Waals surface area contributed by atoms with Crippen LogP contribution in [0.15, 0.2) is 42.5 Å². The van der Waals surface area contributed by atoms with Gasteiger partial charge in [-0.3, -0.25) is 0 Å². The van der Waals surface area contributed by atoms with E-state index < -0.39 is 0 Å². The molecule has 3 unspecified atom stereocenters. The van der Waals surface area contributed by atoms with Gasteiger partial charge in [-0.2, -0.15) is 0 Å². The highest BCUT2D eigenvalue weighted by molar-refractivity contribution is 5.85. The molecular formula is C22H28ClNO. The average molecular weight is 358 g/mol. The molecule has 0 saturated carbocycles. The van der Waals surface area contributed by atoms with Crippen LogP contribution in [0.2, 0.25) is 0 Å². The Morgan fingerprint density at radius 3 is 2.52 bits per heavy atom. The number of aliphatic hydroxyl groups is 1. The Bertz CT molecular complexity index is 727. The van der Waals surface area contributed by atoms with E-state index in [1.54, 1.807) is 11.1 Å². The number of likely N-dealkylation sites (tertiary alicyclic amines) is 1. The first kappa shape index (κ1) is 18.4. The second kappa shape index (κ2) is 7.49. The smallest absolute Gasteiger partial charge is 0.0681 e. The van der Waals surface area contributed by atoms with Gasteiger partial charge in [-0.25, -0.2) is 0 Å². The lowest BCUT2D eigenvalue weighted by atomic mass is 9.78. The fraction of sp³-hybridized carbons (Fsp3) is 0.455. The zero-order valence-electron chi connectivity index (χ0n) is 15.1. The van der Waals surface area contributed by atoms with E-state index in [1.165, 1.54) is 30.6 Å². The fourth-order valence-electron chi connectivity index (χ4n) is 4.84. The molecule has 1 N–H and O–H groups in total. The first-order chi connectivity index (χ1) is 11.7. The number of hydrogen-bond acceptors (Lipinski definition) is 2. The number of benzene rings is 2. The number of aliphatic hydroxyl groups excluding tert-OH is 1. The first-order valence-corrected chi connectivity index (χ1v) is 9.23. The minimum atomic E-state index is 0. The van der Waals surface area contributed by atoms with Gasteiger partial charge in [-0.1, -0.05) is 55.0 Å². The Morgan fingerprint density at radius 2 is 1.84 bits per heavy atom. The molecule has 2 aromatic carbocycles. The molecule has 0 radical (unpaired) electrons. The summed E-state index contributed by atoms with van der Waals surface area (Å²) in [5.74, 6) is 1.89. The van der Waals surface area contributed by atoms with Crippen LogP contribution in [0.3, 0.4) is 0 Å². The third kappa shape index (κ3) is 3.23. The van der Waals surface area contributed by atoms with Crippen LogP contribution < -0.4 is 0 Å². The Kier molecular flexibility index (Phi) is 5.52. The Morgan fingerprint density at radius 1 is 1.08 bits per heavy atom. The maximum absolute atomic E-state index is 9.33. The predicted octanol–water partition coefficient (Wildman–Crippen LogP) is 4.48. The number of aryl methyl sites for hydroxylation is 1. The highest BCUT2D eigenvalue weighted by atomic mass is 35.5. The number of nitrogens with zero attached hydrogens (tertiary/aromatic N) is 1. The molecule has 3 atom stereocenters. The Labute approximate surface area is 157 Å². The van der Waals surface area contributed by atoms with Gasteiger partial charge >= 0.3 is 0 Å². The highest BCUT2D eigenvalue weighted by Gasteiger charge is 2.43. The normalized spacial score (nSPS) is 25.2. The summed E-state index contributed by atoms with van der Waals surface area (Å²) < 4.78 is 0. The summed E-state index contributed by atoms with van der Waals surface area (Å²) in [7, 11) is 0. The Hall–Kier alpha value is -1.35. The zero-order valence-corrected chi connectivity index (χ0v) is 15.9. The molecule has 2 aromatic rings. The van der Waals surface area contributed by atoms with Gasteiger partial charge < -0.3 is 10.0 Å². The van der Waals surface area contributed by atoms with Crippen LogP contribution in [-0.2, 0) is 6.61 Å². The highest BCUT2D eigenvalue weighted by Crippen LogP contribution is 2.53. The molecule has 134 valence electrons. The van der Waals surface area contributed by atoms with E-state index >= 15 is 0 Å². The van der Waals surface area contributed by atoms with Crippen molar-refractivity contribution in [2.45, 2.75) is 38.7 Å². The van der Waals surface area contributed by atoms with Gasteiger partial charge in [-0.05, 0) is 54.6 Å². The van der Waals surface area contributed by atoms with E-state index in [0.29, 0.717) is 17.8 Å². The van der Waals surface area contributed by atoms with Crippen molar-refractivity contribution in [1.82, 2.24) is 4.90 Å². The zero-order chi connectivity index (χ0) is 16.7. The molecule has 1 heterocycles. The number of piperidine rings is 1. The van der Waals surface area contributed by atoms with Crippen molar-refractivity contribution in [1.29, 1.82) is 0 Å². The molecule has 0 bridgehead atoms. The lowest BCUT2D eigenvalue weighted by Gasteiger charge is -2.37. The second-order valence-corrected chi connectivity index (χ2v) is 7.46. The molecule has 0 aromatic heterocycles. The van der Waals surface area contributed by atoms with Crippen LogP contribution in [0.4, 0.5) is 0 Å². The van der Waals surface area contributed by atoms with Crippen LogP contribution in [0.5, 0.6) is 0 Å². The molecule has 4 rings (SSSR count). The lowest BCUT2D eigenvalue weighted by Crippen LogP contribution is -2.38. The summed E-state index contributed by atoms with van der Waals surface area (Å²) in [6.07, 6.45) is 1.28. The monoisotopic (exact) mass is 357 g/mol. The molecular weight excluding hydrogens is 330 g/mol. The molecule has 1 aliphatic heterocycles. The molecule has 1 aliphatic carbocycles. The Balaban J connectivity index is 0.00000182. The summed E-state index contributed by atoms with van der Waals surface area (Å²) in [6, 6.07) is 15.7. The predicted molar refractivity (Wildman–Crippen MR) is 106 cm³/mol. The number of likely N-dealkylation sites (N-methyl/N-ethyl adjacent to an activating group) is 1. The molecule has 2 nitrogen and oxygen atoms in total. The van der Waals surface area contributed by atoms with Crippen molar-refractivity contribution in [3.63, 3.8) is 0 Å². The van der Waals surface area contributed by atoms with Crippen LogP contribution in [-0.4, -0.2) is 29.6 Å². The molecule has 0 amide bonds. The van der Waals surface area contributed by atoms with Gasteiger partial charge in [0.1, 0.15) is 0 Å². The number of rotatable bonds is 3. The largest absolute Gasteiger partial charge is 0.392 e. The van der Waals surface area contributed by atoms with Crippen LogP contribution in [0, 0.1) is 12.8 Å². The maximum atomic E-state index is 9.33. The molecule has 1 saturated heterocycles. The first-order valence-electron chi connectivity index (χ1n) is 9.23. The minimum Gasteiger partial charge on any atom is -0.392 e. The summed E-state index contributed by atoms with van der Waals surface area (Å²) >= 11 is 0. The topological polar surface area (TPSA) is 23.5 Å². The van der Waals surface area contributed by atoms with Crippen LogP contribution >= 0.6 is 12.4 Å². The minimum absolute atomic E-state index is 0. The SMILES string of the molecule is CCN1CCC2C(C1)c1ccc(C)cc1C2c1ccc(CO)cc1.Cl. The number of hydrogen-bond donors (Lipinski definition) is 1. The maximum Gasteiger partial charge on any atom is 0.0681 e. The molecule has 25 heavy (non-hydrogen) atoms. The third-order valence-electron chi connectivity index (χ3n) is 6.12. The van der Waals surface area contributed by atoms with Gasteiger partial charge in [0.05, 0.1) is 6.61 Å². The van der Waals surface area contributed by atoms with E-state index in [-0.39, 0.29) is 19.0 Å². The summed E-state index contributed by atoms with van der Waals surface area (Å²) in [5.41, 5.74) is 6.88. The van der Waals surface area contributed by atoms with E-state index in [0.717, 1.165) is 12.1 Å². The lowest BCUT2D eigenvalue weighted by molar-refractivity contribution is 0.167. The van der Waals surface area contributed by atoms with Crippen LogP contribution in [0.1, 0.15) is 53.0 Å². The summed E-state index contributed by atoms with van der Waals surface area (Å²) in [4.78, 5) is 2.60.